The number of carbonyl (C=O) groups excluding carboxylic acids is 1. The van der Waals surface area contributed by atoms with Crippen LogP contribution in [0.3, 0.4) is 0 Å². The topological polar surface area (TPSA) is 61.7 Å². The van der Waals surface area contributed by atoms with Gasteiger partial charge >= 0.3 is 0 Å². The second-order valence-electron chi connectivity index (χ2n) is 5.60. The van der Waals surface area contributed by atoms with Crippen LogP contribution in [-0.4, -0.2) is 16.7 Å². The molecule has 0 aromatic heterocycles. The summed E-state index contributed by atoms with van der Waals surface area (Å²) in [5.41, 5.74) is 3.59. The van der Waals surface area contributed by atoms with E-state index in [1.807, 2.05) is 31.2 Å². The van der Waals surface area contributed by atoms with Crippen LogP contribution >= 0.6 is 0 Å². The minimum absolute atomic E-state index is 0.0390. The third-order valence-electron chi connectivity index (χ3n) is 3.16. The van der Waals surface area contributed by atoms with E-state index in [-0.39, 0.29) is 11.3 Å². The van der Waals surface area contributed by atoms with Gasteiger partial charge in [0.05, 0.1) is 5.56 Å². The number of phenolic OH excluding ortho intramolecular Hbond substituents is 1. The summed E-state index contributed by atoms with van der Waals surface area (Å²) in [4.78, 5) is 12.1. The van der Waals surface area contributed by atoms with Gasteiger partial charge < -0.3 is 5.11 Å². The lowest BCUT2D eigenvalue weighted by atomic mass is 10.1. The molecule has 0 saturated heterocycles. The van der Waals surface area contributed by atoms with Crippen LogP contribution in [0.15, 0.2) is 41.5 Å². The lowest BCUT2D eigenvalue weighted by molar-refractivity contribution is 0.0952. The van der Waals surface area contributed by atoms with Crippen LogP contribution in [0.1, 0.15) is 37.6 Å². The monoisotopic (exact) mass is 284 g/mol. The number of carbonyl (C=O) groups is 1. The molecule has 0 aliphatic heterocycles. The van der Waals surface area contributed by atoms with Crippen LogP contribution in [0.4, 0.5) is 0 Å². The van der Waals surface area contributed by atoms with Gasteiger partial charge in [-0.15, -0.1) is 0 Å². The Balaban J connectivity index is 2.21. The number of hydrogen-bond acceptors (Lipinski definition) is 3. The number of hydrogen-bond donors (Lipinski definition) is 2. The Labute approximate surface area is 124 Å². The summed E-state index contributed by atoms with van der Waals surface area (Å²) < 4.78 is 0. The van der Waals surface area contributed by atoms with E-state index >= 15 is 0 Å². The molecule has 0 bridgehead atoms. The fraction of sp³-hybridized carbons (Fsp3) is 0.294. The molecule has 110 valence electrons. The molecular formula is C17H20N2O2. The van der Waals surface area contributed by atoms with Gasteiger partial charge in [0, 0.05) is 5.71 Å². The fourth-order valence-corrected chi connectivity index (χ4v) is 2.25. The number of fused-ring (bicyclic) bond motifs is 1. The van der Waals surface area contributed by atoms with E-state index in [0.29, 0.717) is 5.92 Å². The maximum absolute atomic E-state index is 12.1. The molecule has 0 atom stereocenters. The number of phenols is 1. The molecule has 0 radical (unpaired) electrons. The number of nitrogens with zero attached hydrogens (tertiary/aromatic N) is 1. The van der Waals surface area contributed by atoms with E-state index in [1.165, 1.54) is 0 Å². The summed E-state index contributed by atoms with van der Waals surface area (Å²) in [7, 11) is 0. The van der Waals surface area contributed by atoms with Crippen molar-refractivity contribution in [3.05, 3.63) is 42.0 Å². The third kappa shape index (κ3) is 3.81. The predicted octanol–water partition coefficient (Wildman–Crippen LogP) is 3.70. The summed E-state index contributed by atoms with van der Waals surface area (Å²) in [5, 5.41) is 15.8. The van der Waals surface area contributed by atoms with Crippen molar-refractivity contribution < 1.29 is 9.90 Å². The van der Waals surface area contributed by atoms with E-state index in [0.717, 1.165) is 22.9 Å². The van der Waals surface area contributed by atoms with E-state index < -0.39 is 5.91 Å². The summed E-state index contributed by atoms with van der Waals surface area (Å²) in [6.45, 7) is 6.06. The molecule has 0 fully saturated rings. The summed E-state index contributed by atoms with van der Waals surface area (Å²) >= 11 is 0. The molecule has 2 aromatic carbocycles. The Morgan fingerprint density at radius 2 is 1.86 bits per heavy atom. The number of nitrogens with one attached hydrogen (secondary N) is 1. The molecule has 0 aliphatic rings. The Morgan fingerprint density at radius 1 is 1.24 bits per heavy atom. The first-order valence-corrected chi connectivity index (χ1v) is 7.02. The molecule has 21 heavy (non-hydrogen) atoms. The number of hydrazone groups is 1. The summed E-state index contributed by atoms with van der Waals surface area (Å²) in [6.07, 6.45) is 0.823. The SMILES string of the molecule is C/C(CC(C)C)=N/NC(=O)c1cc2ccccc2cc1O. The highest BCUT2D eigenvalue weighted by molar-refractivity contribution is 6.01. The van der Waals surface area contributed by atoms with Crippen LogP contribution in [-0.2, 0) is 0 Å². The first-order chi connectivity index (χ1) is 9.97. The number of amides is 1. The van der Waals surface area contributed by atoms with Crippen molar-refractivity contribution in [2.75, 3.05) is 0 Å². The Kier molecular flexibility index (Phi) is 4.58. The molecule has 0 spiro atoms. The molecule has 2 rings (SSSR count). The molecule has 4 heteroatoms. The number of aromatic hydroxyl groups is 1. The van der Waals surface area contributed by atoms with Crippen LogP contribution in [0.2, 0.25) is 0 Å². The molecule has 0 unspecified atom stereocenters. The zero-order valence-electron chi connectivity index (χ0n) is 12.6. The minimum Gasteiger partial charge on any atom is -0.507 e. The van der Waals surface area contributed by atoms with Gasteiger partial charge in [0.2, 0.25) is 0 Å². The molecule has 0 aliphatic carbocycles. The second kappa shape index (κ2) is 6.39. The number of benzene rings is 2. The van der Waals surface area contributed by atoms with Crippen LogP contribution in [0.25, 0.3) is 10.8 Å². The zero-order chi connectivity index (χ0) is 15.4. The lowest BCUT2D eigenvalue weighted by Crippen LogP contribution is -2.19. The second-order valence-corrected chi connectivity index (χ2v) is 5.60. The van der Waals surface area contributed by atoms with Gasteiger partial charge in [0.25, 0.3) is 5.91 Å². The summed E-state index contributed by atoms with van der Waals surface area (Å²) in [6, 6.07) is 10.8. The molecule has 1 amide bonds. The zero-order valence-corrected chi connectivity index (χ0v) is 12.6. The molecule has 0 heterocycles. The molecular weight excluding hydrogens is 264 g/mol. The van der Waals surface area contributed by atoms with E-state index in [1.54, 1.807) is 12.1 Å². The normalized spacial score (nSPS) is 11.9. The van der Waals surface area contributed by atoms with Crippen molar-refractivity contribution in [2.45, 2.75) is 27.2 Å². The molecule has 2 aromatic rings. The van der Waals surface area contributed by atoms with Gasteiger partial charge in [-0.1, -0.05) is 38.1 Å². The van der Waals surface area contributed by atoms with E-state index in [2.05, 4.69) is 24.4 Å². The molecule has 0 saturated carbocycles. The summed E-state index contributed by atoms with van der Waals surface area (Å²) in [5.74, 6) is 0.0454. The predicted molar refractivity (Wildman–Crippen MR) is 85.6 cm³/mol. The van der Waals surface area contributed by atoms with Gasteiger partial charge in [0.15, 0.2) is 0 Å². The van der Waals surface area contributed by atoms with Crippen molar-refractivity contribution >= 4 is 22.4 Å². The van der Waals surface area contributed by atoms with Gasteiger partial charge in [0.1, 0.15) is 5.75 Å². The largest absolute Gasteiger partial charge is 0.507 e. The van der Waals surface area contributed by atoms with Crippen molar-refractivity contribution in [3.63, 3.8) is 0 Å². The Morgan fingerprint density at radius 3 is 2.48 bits per heavy atom. The van der Waals surface area contributed by atoms with Crippen LogP contribution in [0.5, 0.6) is 5.75 Å². The molecule has 2 N–H and O–H groups in total. The highest BCUT2D eigenvalue weighted by Crippen LogP contribution is 2.24. The number of rotatable bonds is 4. The van der Waals surface area contributed by atoms with Crippen molar-refractivity contribution in [2.24, 2.45) is 11.0 Å². The first kappa shape index (κ1) is 15.0. The van der Waals surface area contributed by atoms with Crippen LogP contribution in [0, 0.1) is 5.92 Å². The first-order valence-electron chi connectivity index (χ1n) is 7.02. The van der Waals surface area contributed by atoms with Gasteiger partial charge in [-0.05, 0) is 42.2 Å². The van der Waals surface area contributed by atoms with Crippen LogP contribution < -0.4 is 5.43 Å². The Bertz CT molecular complexity index is 690. The highest BCUT2D eigenvalue weighted by Gasteiger charge is 2.12. The van der Waals surface area contributed by atoms with Gasteiger partial charge in [-0.3, -0.25) is 4.79 Å². The standard InChI is InChI=1S/C17H20N2O2/c1-11(2)8-12(3)18-19-17(21)15-9-13-6-4-5-7-14(13)10-16(15)20/h4-7,9-11,20H,8H2,1-3H3,(H,19,21)/b18-12-. The Hall–Kier alpha value is -2.36. The van der Waals surface area contributed by atoms with E-state index in [4.69, 9.17) is 0 Å². The maximum atomic E-state index is 12.1. The highest BCUT2D eigenvalue weighted by atomic mass is 16.3. The van der Waals surface area contributed by atoms with E-state index in [9.17, 15) is 9.90 Å². The van der Waals surface area contributed by atoms with Gasteiger partial charge in [-0.25, -0.2) is 5.43 Å². The maximum Gasteiger partial charge on any atom is 0.275 e. The fourth-order valence-electron chi connectivity index (χ4n) is 2.25. The van der Waals surface area contributed by atoms with Crippen molar-refractivity contribution in [1.29, 1.82) is 0 Å². The minimum atomic E-state index is -0.402. The average molecular weight is 284 g/mol. The van der Waals surface area contributed by atoms with Crippen molar-refractivity contribution in [3.8, 4) is 5.75 Å². The average Bonchev–Trinajstić information content (AvgIpc) is 2.43. The lowest BCUT2D eigenvalue weighted by Gasteiger charge is -2.07. The smallest absolute Gasteiger partial charge is 0.275 e. The third-order valence-corrected chi connectivity index (χ3v) is 3.16. The molecule has 4 nitrogen and oxygen atoms in total. The van der Waals surface area contributed by atoms with Gasteiger partial charge in [-0.2, -0.15) is 5.10 Å². The quantitative estimate of drug-likeness (QED) is 0.664. The van der Waals surface area contributed by atoms with Crippen molar-refractivity contribution in [1.82, 2.24) is 5.43 Å².